The SMILES string of the molecule is Cc1ccc2c(c1)C(=O)CC[Se]2. The molecule has 12 heavy (non-hydrogen) atoms. The van der Waals surface area contributed by atoms with Crippen LogP contribution < -0.4 is 4.46 Å². The Morgan fingerprint density at radius 3 is 3.08 bits per heavy atom. The van der Waals surface area contributed by atoms with Gasteiger partial charge in [-0.3, -0.25) is 0 Å². The maximum atomic E-state index is 11.4. The van der Waals surface area contributed by atoms with E-state index in [1.807, 2.05) is 13.0 Å². The van der Waals surface area contributed by atoms with Crippen molar-refractivity contribution in [1.29, 1.82) is 0 Å². The first-order valence-electron chi connectivity index (χ1n) is 4.04. The molecular weight excluding hydrogens is 215 g/mol. The number of Topliss-reactive ketones (excluding diaryl/α,β-unsaturated/α-hetero) is 1. The summed E-state index contributed by atoms with van der Waals surface area (Å²) < 4.78 is 1.30. The topological polar surface area (TPSA) is 17.1 Å². The number of benzene rings is 1. The quantitative estimate of drug-likeness (QED) is 0.609. The molecule has 1 aliphatic heterocycles. The first-order chi connectivity index (χ1) is 5.77. The van der Waals surface area contributed by atoms with Crippen LogP contribution in [0.25, 0.3) is 0 Å². The predicted molar refractivity (Wildman–Crippen MR) is 50.3 cm³/mol. The molecule has 1 aliphatic rings. The second-order valence-corrected chi connectivity index (χ2v) is 5.41. The summed E-state index contributed by atoms with van der Waals surface area (Å²) in [4.78, 5) is 11.4. The molecule has 0 saturated heterocycles. The summed E-state index contributed by atoms with van der Waals surface area (Å²) in [5, 5.41) is 1.09. The number of rotatable bonds is 0. The van der Waals surface area contributed by atoms with Crippen molar-refractivity contribution in [3.05, 3.63) is 29.3 Å². The van der Waals surface area contributed by atoms with E-state index in [0.717, 1.165) is 17.3 Å². The molecular formula is C10H10OSe. The van der Waals surface area contributed by atoms with Crippen molar-refractivity contribution in [2.24, 2.45) is 0 Å². The van der Waals surface area contributed by atoms with Crippen LogP contribution in [0.3, 0.4) is 0 Å². The van der Waals surface area contributed by atoms with Crippen molar-refractivity contribution in [3.63, 3.8) is 0 Å². The van der Waals surface area contributed by atoms with E-state index in [4.69, 9.17) is 0 Å². The Hall–Kier alpha value is -0.591. The van der Waals surface area contributed by atoms with Gasteiger partial charge in [0, 0.05) is 0 Å². The third-order valence-corrected chi connectivity index (χ3v) is 4.28. The number of hydrogen-bond donors (Lipinski definition) is 0. The molecule has 2 heteroatoms. The molecule has 1 nitrogen and oxygen atoms in total. The van der Waals surface area contributed by atoms with Gasteiger partial charge in [0.15, 0.2) is 0 Å². The zero-order chi connectivity index (χ0) is 8.55. The number of aryl methyl sites for hydroxylation is 1. The Labute approximate surface area is 78.3 Å². The van der Waals surface area contributed by atoms with Gasteiger partial charge in [-0.15, -0.1) is 0 Å². The van der Waals surface area contributed by atoms with Gasteiger partial charge in [0.1, 0.15) is 0 Å². The second kappa shape index (κ2) is 3.04. The summed E-state index contributed by atoms with van der Waals surface area (Å²) in [5.74, 6) is 0.335. The normalized spacial score (nSPS) is 15.9. The molecule has 0 radical (unpaired) electrons. The monoisotopic (exact) mass is 226 g/mol. The van der Waals surface area contributed by atoms with Gasteiger partial charge in [0.25, 0.3) is 0 Å². The predicted octanol–water partition coefficient (Wildman–Crippen LogP) is 1.33. The van der Waals surface area contributed by atoms with Crippen LogP contribution >= 0.6 is 0 Å². The molecule has 0 aromatic heterocycles. The summed E-state index contributed by atoms with van der Waals surface area (Å²) >= 11 is 0.539. The number of carbonyl (C=O) groups is 1. The molecule has 0 unspecified atom stereocenters. The summed E-state index contributed by atoms with van der Waals surface area (Å²) in [5.41, 5.74) is 2.18. The van der Waals surface area contributed by atoms with Gasteiger partial charge in [-0.1, -0.05) is 0 Å². The van der Waals surface area contributed by atoms with Gasteiger partial charge in [-0.2, -0.15) is 0 Å². The summed E-state index contributed by atoms with van der Waals surface area (Å²) in [6, 6.07) is 6.24. The number of hydrogen-bond acceptors (Lipinski definition) is 1. The van der Waals surface area contributed by atoms with Crippen molar-refractivity contribution in [1.82, 2.24) is 0 Å². The average molecular weight is 225 g/mol. The van der Waals surface area contributed by atoms with Gasteiger partial charge >= 0.3 is 78.0 Å². The van der Waals surface area contributed by atoms with Crippen LogP contribution in [0.15, 0.2) is 18.2 Å². The third kappa shape index (κ3) is 1.33. The van der Waals surface area contributed by atoms with Crippen LogP contribution in [0, 0.1) is 6.92 Å². The Balaban J connectivity index is 2.54. The van der Waals surface area contributed by atoms with Crippen molar-refractivity contribution in [2.45, 2.75) is 18.7 Å². The van der Waals surface area contributed by atoms with Crippen molar-refractivity contribution < 1.29 is 4.79 Å². The molecule has 1 heterocycles. The van der Waals surface area contributed by atoms with Crippen LogP contribution in [0.2, 0.25) is 5.32 Å². The molecule has 0 fully saturated rings. The second-order valence-electron chi connectivity index (χ2n) is 3.02. The first-order valence-corrected chi connectivity index (χ1v) is 6.11. The fraction of sp³-hybridized carbons (Fsp3) is 0.300. The molecule has 1 aromatic rings. The molecule has 0 atom stereocenters. The summed E-state index contributed by atoms with van der Waals surface area (Å²) in [7, 11) is 0. The van der Waals surface area contributed by atoms with E-state index < -0.39 is 0 Å². The Morgan fingerprint density at radius 1 is 1.42 bits per heavy atom. The van der Waals surface area contributed by atoms with E-state index in [9.17, 15) is 4.79 Å². The summed E-state index contributed by atoms with van der Waals surface area (Å²) in [6.07, 6.45) is 0.760. The van der Waals surface area contributed by atoms with Crippen molar-refractivity contribution >= 4 is 25.2 Å². The molecule has 0 N–H and O–H groups in total. The molecule has 0 amide bonds. The van der Waals surface area contributed by atoms with Crippen molar-refractivity contribution in [3.8, 4) is 0 Å². The zero-order valence-electron chi connectivity index (χ0n) is 6.96. The average Bonchev–Trinajstić information content (AvgIpc) is 2.07. The Morgan fingerprint density at radius 2 is 2.25 bits per heavy atom. The van der Waals surface area contributed by atoms with E-state index >= 15 is 0 Å². The fourth-order valence-electron chi connectivity index (χ4n) is 1.38. The van der Waals surface area contributed by atoms with Gasteiger partial charge < -0.3 is 0 Å². The molecule has 0 spiro atoms. The number of ketones is 1. The number of fused-ring (bicyclic) bond motifs is 1. The van der Waals surface area contributed by atoms with Crippen molar-refractivity contribution in [2.75, 3.05) is 0 Å². The number of carbonyl (C=O) groups excluding carboxylic acids is 1. The summed E-state index contributed by atoms with van der Waals surface area (Å²) in [6.45, 7) is 2.04. The van der Waals surface area contributed by atoms with E-state index in [2.05, 4.69) is 12.1 Å². The molecule has 0 saturated carbocycles. The standard InChI is InChI=1S/C10H10OSe/c1-7-2-3-10-8(6-7)9(11)4-5-12-10/h2-3,6H,4-5H2,1H3. The molecule has 0 aliphatic carbocycles. The van der Waals surface area contributed by atoms with Gasteiger partial charge in [0.2, 0.25) is 0 Å². The van der Waals surface area contributed by atoms with Gasteiger partial charge in [-0.25, -0.2) is 0 Å². The van der Waals surface area contributed by atoms with Crippen LogP contribution in [0.4, 0.5) is 0 Å². The maximum absolute atomic E-state index is 11.4. The van der Waals surface area contributed by atoms with E-state index in [1.54, 1.807) is 0 Å². The minimum atomic E-state index is 0.335. The molecule has 0 bridgehead atoms. The van der Waals surface area contributed by atoms with Gasteiger partial charge in [-0.05, 0) is 0 Å². The molecule has 62 valence electrons. The third-order valence-electron chi connectivity index (χ3n) is 2.02. The Bertz CT molecular complexity index is 331. The minimum absolute atomic E-state index is 0.335. The zero-order valence-corrected chi connectivity index (χ0v) is 8.68. The van der Waals surface area contributed by atoms with E-state index in [1.165, 1.54) is 10.0 Å². The van der Waals surface area contributed by atoms with E-state index in [0.29, 0.717) is 20.7 Å². The van der Waals surface area contributed by atoms with Crippen LogP contribution in [-0.4, -0.2) is 20.7 Å². The van der Waals surface area contributed by atoms with E-state index in [-0.39, 0.29) is 0 Å². The van der Waals surface area contributed by atoms with Gasteiger partial charge in [0.05, 0.1) is 0 Å². The van der Waals surface area contributed by atoms with Crippen LogP contribution in [-0.2, 0) is 0 Å². The van der Waals surface area contributed by atoms with Crippen LogP contribution in [0.5, 0.6) is 0 Å². The molecule has 2 rings (SSSR count). The molecule has 1 aromatic carbocycles. The van der Waals surface area contributed by atoms with Crippen LogP contribution in [0.1, 0.15) is 22.3 Å². The Kier molecular flexibility index (Phi) is 2.03. The first kappa shape index (κ1) is 8.03. The fourth-order valence-corrected chi connectivity index (χ4v) is 3.47.